The highest BCUT2D eigenvalue weighted by Crippen LogP contribution is 2.27. The third kappa shape index (κ3) is 3.80. The highest BCUT2D eigenvalue weighted by atomic mass is 16.3. The van der Waals surface area contributed by atoms with Gasteiger partial charge in [-0.1, -0.05) is 19.3 Å². The first-order chi connectivity index (χ1) is 9.31. The Bertz CT molecular complexity index is 394. The Morgan fingerprint density at radius 2 is 2.05 bits per heavy atom. The second-order valence-electron chi connectivity index (χ2n) is 6.12. The van der Waals surface area contributed by atoms with Crippen LogP contribution >= 0.6 is 0 Å². The zero-order valence-electron chi connectivity index (χ0n) is 11.6. The van der Waals surface area contributed by atoms with Crippen molar-refractivity contribution in [2.75, 3.05) is 6.54 Å². The second-order valence-corrected chi connectivity index (χ2v) is 6.12. The van der Waals surface area contributed by atoms with Gasteiger partial charge in [-0.25, -0.2) is 0 Å². The minimum Gasteiger partial charge on any atom is -0.391 e. The highest BCUT2D eigenvalue weighted by Gasteiger charge is 2.22. The average Bonchev–Trinajstić information content (AvgIpc) is 3.16. The van der Waals surface area contributed by atoms with E-state index < -0.39 is 0 Å². The maximum absolute atomic E-state index is 9.99. The van der Waals surface area contributed by atoms with Crippen LogP contribution in [0.15, 0.2) is 12.3 Å². The fraction of sp³-hybridized carbons (Fsp3) is 0.800. The van der Waals surface area contributed by atoms with E-state index in [1.165, 1.54) is 44.9 Å². The minimum atomic E-state index is -0.310. The van der Waals surface area contributed by atoms with E-state index in [0.29, 0.717) is 25.0 Å². The van der Waals surface area contributed by atoms with Crippen molar-refractivity contribution in [2.24, 2.45) is 0 Å². The van der Waals surface area contributed by atoms with Crippen LogP contribution in [-0.4, -0.2) is 33.6 Å². The molecule has 1 atom stereocenters. The lowest BCUT2D eigenvalue weighted by molar-refractivity contribution is 0.169. The molecule has 0 radical (unpaired) electrons. The van der Waals surface area contributed by atoms with Gasteiger partial charge in [-0.3, -0.25) is 4.68 Å². The zero-order chi connectivity index (χ0) is 13.1. The topological polar surface area (TPSA) is 50.1 Å². The molecule has 2 saturated carbocycles. The molecule has 0 amide bonds. The molecule has 2 fully saturated rings. The predicted octanol–water partition coefficient (Wildman–Crippen LogP) is 2.04. The molecule has 1 unspecified atom stereocenters. The Labute approximate surface area is 115 Å². The van der Waals surface area contributed by atoms with Gasteiger partial charge in [0.25, 0.3) is 0 Å². The summed E-state index contributed by atoms with van der Waals surface area (Å²) in [7, 11) is 0. The van der Waals surface area contributed by atoms with Crippen LogP contribution in [0.5, 0.6) is 0 Å². The van der Waals surface area contributed by atoms with E-state index in [1.54, 1.807) is 0 Å². The first-order valence-corrected chi connectivity index (χ1v) is 7.77. The van der Waals surface area contributed by atoms with E-state index in [0.717, 1.165) is 5.69 Å². The Balaban J connectivity index is 1.48. The summed E-state index contributed by atoms with van der Waals surface area (Å²) < 4.78 is 2.12. The number of nitrogens with zero attached hydrogens (tertiary/aromatic N) is 2. The number of rotatable bonds is 6. The Kier molecular flexibility index (Phi) is 4.18. The zero-order valence-corrected chi connectivity index (χ0v) is 11.6. The van der Waals surface area contributed by atoms with Crippen LogP contribution in [-0.2, 0) is 6.42 Å². The summed E-state index contributed by atoms with van der Waals surface area (Å²) in [5.74, 6) is 0. The summed E-state index contributed by atoms with van der Waals surface area (Å²) >= 11 is 0. The maximum Gasteiger partial charge on any atom is 0.0720 e. The lowest BCUT2D eigenvalue weighted by Gasteiger charge is -2.21. The standard InChI is InChI=1S/C15H25N3O/c19-15(11-16-12-6-7-12)10-13-8-9-18(17-13)14-4-2-1-3-5-14/h8-9,12,14-16,19H,1-7,10-11H2. The smallest absolute Gasteiger partial charge is 0.0720 e. The van der Waals surface area contributed by atoms with Gasteiger partial charge in [-0.15, -0.1) is 0 Å². The molecule has 4 nitrogen and oxygen atoms in total. The molecule has 1 aromatic heterocycles. The molecule has 0 aliphatic heterocycles. The number of nitrogens with one attached hydrogen (secondary N) is 1. The molecule has 2 N–H and O–H groups in total. The molecule has 19 heavy (non-hydrogen) atoms. The van der Waals surface area contributed by atoms with E-state index in [9.17, 15) is 5.11 Å². The average molecular weight is 263 g/mol. The first-order valence-electron chi connectivity index (χ1n) is 7.77. The lowest BCUT2D eigenvalue weighted by Crippen LogP contribution is -2.30. The van der Waals surface area contributed by atoms with Crippen molar-refractivity contribution in [1.82, 2.24) is 15.1 Å². The van der Waals surface area contributed by atoms with Crippen molar-refractivity contribution in [3.63, 3.8) is 0 Å². The summed E-state index contributed by atoms with van der Waals surface area (Å²) in [6, 6.07) is 3.31. The summed E-state index contributed by atoms with van der Waals surface area (Å²) in [4.78, 5) is 0. The van der Waals surface area contributed by atoms with Gasteiger partial charge < -0.3 is 10.4 Å². The van der Waals surface area contributed by atoms with E-state index in [1.807, 2.05) is 0 Å². The molecule has 4 heteroatoms. The molecule has 106 valence electrons. The summed E-state index contributed by atoms with van der Waals surface area (Å²) in [6.45, 7) is 0.695. The quantitative estimate of drug-likeness (QED) is 0.826. The van der Waals surface area contributed by atoms with Crippen LogP contribution in [0.4, 0.5) is 0 Å². The predicted molar refractivity (Wildman–Crippen MR) is 75.1 cm³/mol. The van der Waals surface area contributed by atoms with Crippen LogP contribution in [0.2, 0.25) is 0 Å². The molecule has 1 aromatic rings. The molecule has 2 aliphatic rings. The largest absolute Gasteiger partial charge is 0.391 e. The Hall–Kier alpha value is -0.870. The Morgan fingerprint density at radius 3 is 2.79 bits per heavy atom. The van der Waals surface area contributed by atoms with E-state index >= 15 is 0 Å². The van der Waals surface area contributed by atoms with Gasteiger partial charge >= 0.3 is 0 Å². The van der Waals surface area contributed by atoms with Crippen LogP contribution in [0.3, 0.4) is 0 Å². The molecular weight excluding hydrogens is 238 g/mol. The molecule has 1 heterocycles. The normalized spacial score (nSPS) is 22.6. The molecule has 0 spiro atoms. The molecule has 3 rings (SSSR count). The fourth-order valence-corrected chi connectivity index (χ4v) is 2.94. The number of aromatic nitrogens is 2. The highest BCUT2D eigenvalue weighted by molar-refractivity contribution is 5.02. The van der Waals surface area contributed by atoms with Crippen LogP contribution in [0.25, 0.3) is 0 Å². The number of aliphatic hydroxyl groups is 1. The van der Waals surface area contributed by atoms with Crippen molar-refractivity contribution in [3.05, 3.63) is 18.0 Å². The van der Waals surface area contributed by atoms with Gasteiger partial charge in [0.1, 0.15) is 0 Å². The van der Waals surface area contributed by atoms with Gasteiger partial charge in [-0.2, -0.15) is 5.10 Å². The number of hydrogen-bond donors (Lipinski definition) is 2. The van der Waals surface area contributed by atoms with Gasteiger partial charge in [-0.05, 0) is 31.7 Å². The van der Waals surface area contributed by atoms with E-state index in [-0.39, 0.29) is 6.10 Å². The van der Waals surface area contributed by atoms with E-state index in [2.05, 4.69) is 27.4 Å². The van der Waals surface area contributed by atoms with Crippen molar-refractivity contribution >= 4 is 0 Å². The third-order valence-corrected chi connectivity index (χ3v) is 4.28. The monoisotopic (exact) mass is 263 g/mol. The number of hydrogen-bond acceptors (Lipinski definition) is 3. The van der Waals surface area contributed by atoms with Gasteiger partial charge in [0.2, 0.25) is 0 Å². The Morgan fingerprint density at radius 1 is 1.26 bits per heavy atom. The summed E-state index contributed by atoms with van der Waals surface area (Å²) in [5, 5.41) is 18.0. The molecular formula is C15H25N3O. The van der Waals surface area contributed by atoms with Crippen molar-refractivity contribution in [3.8, 4) is 0 Å². The third-order valence-electron chi connectivity index (χ3n) is 4.28. The molecule has 0 saturated heterocycles. The van der Waals surface area contributed by atoms with Crippen molar-refractivity contribution in [2.45, 2.75) is 69.6 Å². The second kappa shape index (κ2) is 6.06. The summed E-state index contributed by atoms with van der Waals surface area (Å²) in [5.41, 5.74) is 1.02. The first kappa shape index (κ1) is 13.1. The molecule has 0 aromatic carbocycles. The van der Waals surface area contributed by atoms with Crippen LogP contribution in [0.1, 0.15) is 56.7 Å². The maximum atomic E-state index is 9.99. The van der Waals surface area contributed by atoms with Gasteiger partial charge in [0, 0.05) is 25.2 Å². The SMILES string of the molecule is OC(CNC1CC1)Cc1ccn(C2CCCCC2)n1. The van der Waals surface area contributed by atoms with Crippen LogP contribution < -0.4 is 5.32 Å². The van der Waals surface area contributed by atoms with Gasteiger partial charge in [0.05, 0.1) is 17.8 Å². The summed E-state index contributed by atoms with van der Waals surface area (Å²) in [6.07, 6.45) is 11.5. The van der Waals surface area contributed by atoms with Crippen LogP contribution in [0, 0.1) is 0 Å². The number of aliphatic hydroxyl groups excluding tert-OH is 1. The fourth-order valence-electron chi connectivity index (χ4n) is 2.94. The van der Waals surface area contributed by atoms with E-state index in [4.69, 9.17) is 0 Å². The molecule has 0 bridgehead atoms. The van der Waals surface area contributed by atoms with Crippen molar-refractivity contribution in [1.29, 1.82) is 0 Å². The van der Waals surface area contributed by atoms with Gasteiger partial charge in [0.15, 0.2) is 0 Å². The lowest BCUT2D eigenvalue weighted by atomic mass is 9.96. The van der Waals surface area contributed by atoms with Crippen molar-refractivity contribution < 1.29 is 5.11 Å². The molecule has 2 aliphatic carbocycles. The minimum absolute atomic E-state index is 0.310.